The molecule has 1 aromatic heterocycles. The summed E-state index contributed by atoms with van der Waals surface area (Å²) in [5, 5.41) is 3.02. The van der Waals surface area contributed by atoms with Gasteiger partial charge in [0.2, 0.25) is 0 Å². The second-order valence-electron chi connectivity index (χ2n) is 2.06. The SMILES string of the molecule is [C]1NCCc2occc21. The van der Waals surface area contributed by atoms with E-state index in [1.165, 1.54) is 0 Å². The predicted octanol–water partition coefficient (Wildman–Crippen LogP) is 0.812. The van der Waals surface area contributed by atoms with Gasteiger partial charge in [0.25, 0.3) is 0 Å². The van der Waals surface area contributed by atoms with Gasteiger partial charge in [-0.1, -0.05) is 0 Å². The Labute approximate surface area is 53.9 Å². The number of hydrogen-bond acceptors (Lipinski definition) is 2. The Balaban J connectivity index is 2.39. The monoisotopic (exact) mass is 121 g/mol. The van der Waals surface area contributed by atoms with Crippen LogP contribution in [0.1, 0.15) is 11.3 Å². The zero-order valence-electron chi connectivity index (χ0n) is 4.98. The van der Waals surface area contributed by atoms with Crippen LogP contribution in [0.4, 0.5) is 0 Å². The first-order valence-electron chi connectivity index (χ1n) is 3.02. The first-order valence-corrected chi connectivity index (χ1v) is 3.02. The molecule has 1 aliphatic rings. The molecule has 0 unspecified atom stereocenters. The van der Waals surface area contributed by atoms with Crippen LogP contribution in [0.15, 0.2) is 16.7 Å². The highest BCUT2D eigenvalue weighted by atomic mass is 16.3. The number of hydrogen-bond donors (Lipinski definition) is 1. The summed E-state index contributed by atoms with van der Waals surface area (Å²) < 4.78 is 5.15. The van der Waals surface area contributed by atoms with Crippen LogP contribution in [0.2, 0.25) is 0 Å². The zero-order valence-corrected chi connectivity index (χ0v) is 4.98. The molecule has 9 heavy (non-hydrogen) atoms. The number of furan rings is 1. The van der Waals surface area contributed by atoms with Crippen LogP contribution >= 0.6 is 0 Å². The Morgan fingerprint density at radius 3 is 3.56 bits per heavy atom. The Morgan fingerprint density at radius 2 is 2.67 bits per heavy atom. The smallest absolute Gasteiger partial charge is 0.110 e. The third-order valence-corrected chi connectivity index (χ3v) is 1.45. The molecule has 2 rings (SSSR count). The summed E-state index contributed by atoms with van der Waals surface area (Å²) in [5.41, 5.74) is 1.07. The molecule has 0 saturated heterocycles. The fourth-order valence-electron chi connectivity index (χ4n) is 0.979. The molecule has 2 heteroatoms. The third kappa shape index (κ3) is 0.754. The van der Waals surface area contributed by atoms with Gasteiger partial charge < -0.3 is 9.73 Å². The zero-order chi connectivity index (χ0) is 6.10. The highest BCUT2D eigenvalue weighted by Crippen LogP contribution is 2.14. The average Bonchev–Trinajstić information content (AvgIpc) is 2.33. The molecule has 0 amide bonds. The first-order chi connectivity index (χ1) is 4.47. The maximum absolute atomic E-state index is 5.15. The van der Waals surface area contributed by atoms with Crippen LogP contribution in [0.5, 0.6) is 0 Å². The van der Waals surface area contributed by atoms with Crippen molar-refractivity contribution in [3.05, 3.63) is 30.2 Å². The normalized spacial score (nSPS) is 17.3. The molecule has 1 N–H and O–H groups in total. The summed E-state index contributed by atoms with van der Waals surface area (Å²) in [4.78, 5) is 0. The van der Waals surface area contributed by atoms with E-state index in [4.69, 9.17) is 4.42 Å². The molecule has 0 aromatic carbocycles. The maximum atomic E-state index is 5.15. The lowest BCUT2D eigenvalue weighted by Gasteiger charge is -2.08. The van der Waals surface area contributed by atoms with Crippen LogP contribution in [-0.2, 0) is 6.42 Å². The third-order valence-electron chi connectivity index (χ3n) is 1.45. The van der Waals surface area contributed by atoms with Crippen molar-refractivity contribution in [2.45, 2.75) is 6.42 Å². The van der Waals surface area contributed by atoms with Crippen molar-refractivity contribution in [1.29, 1.82) is 0 Å². The van der Waals surface area contributed by atoms with E-state index in [9.17, 15) is 0 Å². The molecule has 1 aliphatic heterocycles. The molecule has 2 heterocycles. The van der Waals surface area contributed by atoms with E-state index in [1.807, 2.05) is 6.07 Å². The van der Waals surface area contributed by atoms with Gasteiger partial charge in [0.05, 0.1) is 12.8 Å². The molecule has 0 atom stereocenters. The maximum Gasteiger partial charge on any atom is 0.110 e. The van der Waals surface area contributed by atoms with Crippen molar-refractivity contribution in [2.75, 3.05) is 6.54 Å². The molecule has 0 fully saturated rings. The summed E-state index contributed by atoms with van der Waals surface area (Å²) in [6, 6.07) is 1.92. The van der Waals surface area contributed by atoms with Crippen LogP contribution < -0.4 is 5.32 Å². The van der Waals surface area contributed by atoms with Gasteiger partial charge in [0.1, 0.15) is 5.76 Å². The summed E-state index contributed by atoms with van der Waals surface area (Å²) in [6.07, 6.45) is 2.68. The van der Waals surface area contributed by atoms with Gasteiger partial charge in [-0.3, -0.25) is 0 Å². The lowest BCUT2D eigenvalue weighted by molar-refractivity contribution is 0.492. The number of nitrogens with one attached hydrogen (secondary N) is 1. The van der Waals surface area contributed by atoms with Gasteiger partial charge in [-0.25, -0.2) is 0 Å². The van der Waals surface area contributed by atoms with Crippen LogP contribution in [0.25, 0.3) is 0 Å². The standard InChI is InChI=1S/C7H7NO/c1-3-8-5-6-2-4-9-7(1)6/h2,4,8H,1,3H2. The Morgan fingerprint density at radius 1 is 1.67 bits per heavy atom. The summed E-state index contributed by atoms with van der Waals surface area (Å²) in [5.74, 6) is 1.05. The fraction of sp³-hybridized carbons (Fsp3) is 0.286. The van der Waals surface area contributed by atoms with E-state index in [-0.39, 0.29) is 0 Å². The minimum atomic E-state index is 0.945. The lowest BCUT2D eigenvalue weighted by Crippen LogP contribution is -2.19. The largest absolute Gasteiger partial charge is 0.469 e. The Kier molecular flexibility index (Phi) is 1.06. The van der Waals surface area contributed by atoms with Gasteiger partial charge in [-0.15, -0.1) is 0 Å². The van der Waals surface area contributed by atoms with E-state index >= 15 is 0 Å². The Bertz CT molecular complexity index is 184. The molecular weight excluding hydrogens is 114 g/mol. The molecular formula is C7H7NO. The minimum absolute atomic E-state index is 0.945. The van der Waals surface area contributed by atoms with Crippen molar-refractivity contribution < 1.29 is 4.42 Å². The van der Waals surface area contributed by atoms with E-state index in [0.717, 1.165) is 24.3 Å². The van der Waals surface area contributed by atoms with E-state index in [2.05, 4.69) is 11.9 Å². The molecule has 2 nitrogen and oxygen atoms in total. The van der Waals surface area contributed by atoms with Gasteiger partial charge >= 0.3 is 0 Å². The topological polar surface area (TPSA) is 25.2 Å². The Hall–Kier alpha value is -0.760. The highest BCUT2D eigenvalue weighted by Gasteiger charge is 2.10. The average molecular weight is 121 g/mol. The summed E-state index contributed by atoms with van der Waals surface area (Å²) in [6.45, 7) is 3.94. The molecule has 0 saturated carbocycles. The van der Waals surface area contributed by atoms with Crippen molar-refractivity contribution >= 4 is 0 Å². The van der Waals surface area contributed by atoms with E-state index < -0.39 is 0 Å². The van der Waals surface area contributed by atoms with Crippen molar-refractivity contribution in [3.63, 3.8) is 0 Å². The number of fused-ring (bicyclic) bond motifs is 1. The van der Waals surface area contributed by atoms with Crippen molar-refractivity contribution in [2.24, 2.45) is 0 Å². The lowest BCUT2D eigenvalue weighted by atomic mass is 10.1. The van der Waals surface area contributed by atoms with Crippen LogP contribution in [-0.4, -0.2) is 6.54 Å². The van der Waals surface area contributed by atoms with Crippen LogP contribution in [0.3, 0.4) is 0 Å². The van der Waals surface area contributed by atoms with E-state index in [1.54, 1.807) is 6.26 Å². The second kappa shape index (κ2) is 1.88. The minimum Gasteiger partial charge on any atom is -0.469 e. The molecule has 46 valence electrons. The first kappa shape index (κ1) is 5.06. The molecule has 0 spiro atoms. The molecule has 0 aliphatic carbocycles. The molecule has 1 aromatic rings. The molecule has 0 bridgehead atoms. The highest BCUT2D eigenvalue weighted by molar-refractivity contribution is 5.26. The fourth-order valence-corrected chi connectivity index (χ4v) is 0.979. The summed E-state index contributed by atoms with van der Waals surface area (Å²) in [7, 11) is 0. The van der Waals surface area contributed by atoms with Crippen molar-refractivity contribution in [3.8, 4) is 0 Å². The van der Waals surface area contributed by atoms with Gasteiger partial charge in [0, 0.05) is 18.5 Å². The summed E-state index contributed by atoms with van der Waals surface area (Å²) >= 11 is 0. The second-order valence-corrected chi connectivity index (χ2v) is 2.06. The predicted molar refractivity (Wildman–Crippen MR) is 32.8 cm³/mol. The van der Waals surface area contributed by atoms with Gasteiger partial charge in [0.15, 0.2) is 0 Å². The van der Waals surface area contributed by atoms with Gasteiger partial charge in [-0.2, -0.15) is 0 Å². The van der Waals surface area contributed by atoms with E-state index in [0.29, 0.717) is 0 Å². The van der Waals surface area contributed by atoms with Gasteiger partial charge in [-0.05, 0) is 6.07 Å². The molecule has 2 radical (unpaired) electrons. The quantitative estimate of drug-likeness (QED) is 0.549. The van der Waals surface area contributed by atoms with Crippen molar-refractivity contribution in [1.82, 2.24) is 5.32 Å². The number of rotatable bonds is 0. The van der Waals surface area contributed by atoms with Crippen LogP contribution in [0, 0.1) is 6.54 Å².